The van der Waals surface area contributed by atoms with Gasteiger partial charge in [0, 0.05) is 43.0 Å². The molecule has 2 rings (SSSR count). The van der Waals surface area contributed by atoms with E-state index in [2.05, 4.69) is 35.9 Å². The number of aliphatic carboxylic acids is 2. The van der Waals surface area contributed by atoms with E-state index in [0.29, 0.717) is 17.1 Å². The van der Waals surface area contributed by atoms with Gasteiger partial charge in [-0.3, -0.25) is 19.2 Å². The van der Waals surface area contributed by atoms with E-state index in [9.17, 15) is 29.1 Å². The molecule has 0 saturated carbocycles. The minimum atomic E-state index is -1.37. The Kier molecular flexibility index (Phi) is 12.2. The van der Waals surface area contributed by atoms with Gasteiger partial charge in [-0.05, 0) is 24.9 Å². The quantitative estimate of drug-likeness (QED) is 0.111. The molecule has 4 unspecified atom stereocenters. The molecule has 2 aromatic heterocycles. The third kappa shape index (κ3) is 10.2. The maximum Gasteiger partial charge on any atom is 0.326 e. The number of nitrogens with one attached hydrogen (secondary N) is 5. The monoisotopic (exact) mass is 552 g/mol. The molecule has 0 aliphatic rings. The molecule has 0 aliphatic carbocycles. The van der Waals surface area contributed by atoms with E-state index in [1.165, 1.54) is 36.8 Å². The Hall–Kier alpha value is -3.92. The topological polar surface area (TPSA) is 245 Å². The van der Waals surface area contributed by atoms with Gasteiger partial charge < -0.3 is 41.9 Å². The second kappa shape index (κ2) is 15.4. The Morgan fingerprint density at radius 2 is 1.39 bits per heavy atom. The second-order valence-electron chi connectivity index (χ2n) is 8.40. The van der Waals surface area contributed by atoms with E-state index < -0.39 is 60.2 Å². The van der Waals surface area contributed by atoms with Crippen LogP contribution in [0.25, 0.3) is 0 Å². The van der Waals surface area contributed by atoms with Gasteiger partial charge in [0.05, 0.1) is 18.7 Å². The Morgan fingerprint density at radius 1 is 0.868 bits per heavy atom. The molecule has 4 atom stereocenters. The summed E-state index contributed by atoms with van der Waals surface area (Å²) in [4.78, 5) is 74.8. The molecular weight excluding hydrogens is 520 g/mol. The van der Waals surface area contributed by atoms with Crippen molar-refractivity contribution in [3.8, 4) is 0 Å². The highest BCUT2D eigenvalue weighted by atomic mass is 32.2. The van der Waals surface area contributed by atoms with Crippen LogP contribution in [0.2, 0.25) is 0 Å². The maximum absolute atomic E-state index is 13.1. The number of H-pyrrole nitrogens is 2. The van der Waals surface area contributed by atoms with Gasteiger partial charge in [-0.2, -0.15) is 11.8 Å². The SMILES string of the molecule is CSCCC(NC(=O)C(N)Cc1cnc[nH]1)C(=O)NC(CCC(=O)O)C(=O)NC(Cc1cnc[nH]1)C(=O)O. The molecule has 9 N–H and O–H groups in total. The number of aromatic nitrogens is 4. The lowest BCUT2D eigenvalue weighted by Gasteiger charge is -2.25. The number of carboxylic acids is 2. The van der Waals surface area contributed by atoms with Crippen LogP contribution in [-0.2, 0) is 36.8 Å². The first-order valence-electron chi connectivity index (χ1n) is 11.6. The molecule has 0 aliphatic heterocycles. The first kappa shape index (κ1) is 30.3. The van der Waals surface area contributed by atoms with Gasteiger partial charge in [-0.25, -0.2) is 14.8 Å². The van der Waals surface area contributed by atoms with E-state index in [4.69, 9.17) is 10.8 Å². The molecule has 0 aromatic carbocycles. The van der Waals surface area contributed by atoms with Crippen LogP contribution in [0.1, 0.15) is 30.7 Å². The number of imidazole rings is 2. The van der Waals surface area contributed by atoms with Crippen LogP contribution in [0.15, 0.2) is 25.0 Å². The van der Waals surface area contributed by atoms with Crippen LogP contribution in [0.5, 0.6) is 0 Å². The Bertz CT molecular complexity index is 1060. The van der Waals surface area contributed by atoms with Gasteiger partial charge in [0.1, 0.15) is 18.1 Å². The minimum absolute atomic E-state index is 0.110. The van der Waals surface area contributed by atoms with Gasteiger partial charge in [0.15, 0.2) is 0 Å². The van der Waals surface area contributed by atoms with Crippen LogP contribution in [0, 0.1) is 0 Å². The molecule has 0 radical (unpaired) electrons. The fraction of sp³-hybridized carbons (Fsp3) is 0.500. The fourth-order valence-electron chi connectivity index (χ4n) is 3.41. The third-order valence-corrected chi connectivity index (χ3v) is 6.09. The van der Waals surface area contributed by atoms with E-state index in [-0.39, 0.29) is 25.7 Å². The number of carbonyl (C=O) groups excluding carboxylic acids is 3. The molecule has 0 bridgehead atoms. The molecular formula is C22H32N8O7S. The van der Waals surface area contributed by atoms with Crippen LogP contribution >= 0.6 is 11.8 Å². The van der Waals surface area contributed by atoms with Crippen molar-refractivity contribution >= 4 is 41.4 Å². The number of hydrogen-bond donors (Lipinski definition) is 8. The summed E-state index contributed by atoms with van der Waals surface area (Å²) in [5.41, 5.74) is 7.05. The van der Waals surface area contributed by atoms with Gasteiger partial charge in [0.2, 0.25) is 17.7 Å². The summed E-state index contributed by atoms with van der Waals surface area (Å²) in [6, 6.07) is -4.78. The van der Waals surface area contributed by atoms with Crippen molar-refractivity contribution in [1.29, 1.82) is 0 Å². The van der Waals surface area contributed by atoms with E-state index in [1.54, 1.807) is 0 Å². The Labute approximate surface area is 222 Å². The number of rotatable bonds is 17. The molecule has 208 valence electrons. The van der Waals surface area contributed by atoms with Gasteiger partial charge in [-0.1, -0.05) is 0 Å². The normalized spacial score (nSPS) is 14.1. The summed E-state index contributed by atoms with van der Waals surface area (Å²) in [5.74, 6) is -4.25. The van der Waals surface area contributed by atoms with Crippen molar-refractivity contribution < 1.29 is 34.2 Å². The number of thioether (sulfide) groups is 1. The molecule has 38 heavy (non-hydrogen) atoms. The summed E-state index contributed by atoms with van der Waals surface area (Å²) in [6.45, 7) is 0. The van der Waals surface area contributed by atoms with Crippen molar-refractivity contribution in [3.05, 3.63) is 36.4 Å². The number of hydrogen-bond acceptors (Lipinski definition) is 9. The number of carbonyl (C=O) groups is 5. The molecule has 15 nitrogen and oxygen atoms in total. The summed E-state index contributed by atoms with van der Waals surface area (Å²) in [7, 11) is 0. The van der Waals surface area contributed by atoms with Gasteiger partial charge >= 0.3 is 11.9 Å². The first-order chi connectivity index (χ1) is 18.1. The lowest BCUT2D eigenvalue weighted by atomic mass is 10.1. The molecule has 0 saturated heterocycles. The number of carboxylic acid groups (broad SMARTS) is 2. The lowest BCUT2D eigenvalue weighted by molar-refractivity contribution is -0.143. The van der Waals surface area contributed by atoms with Crippen molar-refractivity contribution in [1.82, 2.24) is 35.9 Å². The largest absolute Gasteiger partial charge is 0.481 e. The number of nitrogens with two attached hydrogens (primary N) is 1. The molecule has 2 aromatic rings. The zero-order valence-corrected chi connectivity index (χ0v) is 21.5. The number of amides is 3. The maximum atomic E-state index is 13.1. The van der Waals surface area contributed by atoms with Crippen LogP contribution in [0.3, 0.4) is 0 Å². The molecule has 0 fully saturated rings. The highest BCUT2D eigenvalue weighted by molar-refractivity contribution is 7.98. The van der Waals surface area contributed by atoms with Gasteiger partial charge in [-0.15, -0.1) is 0 Å². The Balaban J connectivity index is 2.11. The van der Waals surface area contributed by atoms with E-state index in [0.717, 1.165) is 0 Å². The van der Waals surface area contributed by atoms with E-state index in [1.807, 2.05) is 6.26 Å². The number of aromatic amines is 2. The standard InChI is InChI=1S/C22H32N8O7S/c1-38-5-4-16(28-19(33)14(23)6-12-8-24-10-26-12)21(35)29-15(2-3-18(31)32)20(34)30-17(22(36)37)7-13-9-25-11-27-13/h8-11,14-17H,2-7,23H2,1H3,(H,24,26)(H,25,27)(H,28,33)(H,29,35)(H,30,34)(H,31,32)(H,36,37). The zero-order valence-electron chi connectivity index (χ0n) is 20.7. The van der Waals surface area contributed by atoms with Crippen LogP contribution < -0.4 is 21.7 Å². The second-order valence-corrected chi connectivity index (χ2v) is 9.39. The zero-order chi connectivity index (χ0) is 28.1. The predicted octanol–water partition coefficient (Wildman–Crippen LogP) is -1.60. The highest BCUT2D eigenvalue weighted by Gasteiger charge is 2.31. The molecule has 16 heteroatoms. The van der Waals surface area contributed by atoms with Crippen molar-refractivity contribution in [2.75, 3.05) is 12.0 Å². The van der Waals surface area contributed by atoms with Crippen molar-refractivity contribution in [2.45, 2.75) is 56.3 Å². The third-order valence-electron chi connectivity index (χ3n) is 5.45. The first-order valence-corrected chi connectivity index (χ1v) is 13.0. The summed E-state index contributed by atoms with van der Waals surface area (Å²) >= 11 is 1.43. The van der Waals surface area contributed by atoms with E-state index >= 15 is 0 Å². The highest BCUT2D eigenvalue weighted by Crippen LogP contribution is 2.07. The molecule has 2 heterocycles. The summed E-state index contributed by atoms with van der Waals surface area (Å²) in [5, 5.41) is 26.0. The number of nitrogens with zero attached hydrogens (tertiary/aromatic N) is 2. The smallest absolute Gasteiger partial charge is 0.326 e. The van der Waals surface area contributed by atoms with Crippen LogP contribution in [0.4, 0.5) is 0 Å². The lowest BCUT2D eigenvalue weighted by Crippen LogP contribution is -2.57. The fourth-order valence-corrected chi connectivity index (χ4v) is 3.88. The Morgan fingerprint density at radius 3 is 1.89 bits per heavy atom. The summed E-state index contributed by atoms with van der Waals surface area (Å²) in [6.07, 6.45) is 7.03. The molecule has 0 spiro atoms. The minimum Gasteiger partial charge on any atom is -0.481 e. The molecule has 3 amide bonds. The summed E-state index contributed by atoms with van der Waals surface area (Å²) < 4.78 is 0. The van der Waals surface area contributed by atoms with Gasteiger partial charge in [0.25, 0.3) is 0 Å². The van der Waals surface area contributed by atoms with Crippen molar-refractivity contribution in [3.63, 3.8) is 0 Å². The van der Waals surface area contributed by atoms with Crippen LogP contribution in [-0.4, -0.2) is 96.0 Å². The average Bonchev–Trinajstić information content (AvgIpc) is 3.57. The van der Waals surface area contributed by atoms with Crippen molar-refractivity contribution in [2.24, 2.45) is 5.73 Å². The predicted molar refractivity (Wildman–Crippen MR) is 136 cm³/mol. The average molecular weight is 553 g/mol.